The number of carbonyl (C=O) groups is 1. The Balaban J connectivity index is 1.61. The van der Waals surface area contributed by atoms with Crippen molar-refractivity contribution in [2.24, 2.45) is 0 Å². The first-order valence-electron chi connectivity index (χ1n) is 9.03. The number of carbonyl (C=O) groups excluding carboxylic acids is 1. The van der Waals surface area contributed by atoms with Gasteiger partial charge in [0, 0.05) is 23.4 Å². The van der Waals surface area contributed by atoms with Crippen molar-refractivity contribution in [1.82, 2.24) is 10.2 Å². The van der Waals surface area contributed by atoms with Crippen LogP contribution in [0.15, 0.2) is 53.9 Å². The molecule has 4 rings (SSSR count). The molecule has 0 spiro atoms. The number of rotatable bonds is 6. The van der Waals surface area contributed by atoms with Crippen LogP contribution in [-0.2, 0) is 9.53 Å². The van der Waals surface area contributed by atoms with Crippen LogP contribution in [0, 0.1) is 11.6 Å². The Kier molecular flexibility index (Phi) is 5.69. The number of nitrogens with one attached hydrogen (secondary N) is 2. The van der Waals surface area contributed by atoms with E-state index in [1.54, 1.807) is 30.4 Å². The first kappa shape index (κ1) is 19.9. The number of fused-ring (bicyclic) bond motifs is 1. The smallest absolute Gasteiger partial charge is 0.259 e. The molecule has 8 heteroatoms. The molecule has 0 radical (unpaired) electrons. The highest BCUT2D eigenvalue weighted by Crippen LogP contribution is 2.28. The molecular formula is C22H17F2N3O2S. The predicted octanol–water partition coefficient (Wildman–Crippen LogP) is 5.40. The number of H-pyrrole nitrogens is 1. The number of thiophene rings is 1. The largest absolute Gasteiger partial charge is 0.366 e. The summed E-state index contributed by atoms with van der Waals surface area (Å²) in [5, 5.41) is 12.0. The van der Waals surface area contributed by atoms with Gasteiger partial charge in [0.15, 0.2) is 6.10 Å². The summed E-state index contributed by atoms with van der Waals surface area (Å²) in [4.78, 5) is 13.4. The van der Waals surface area contributed by atoms with Crippen molar-refractivity contribution in [1.29, 1.82) is 0 Å². The van der Waals surface area contributed by atoms with Crippen molar-refractivity contribution in [3.63, 3.8) is 0 Å². The standard InChI is InChI=1S/C22H17F2N3O2S/c1-29-21(20-3-2-10-30-20)22(28)25-19-11-15-17(26-27-18(15)12-16(19)24)9-6-13-4-7-14(23)8-5-13/h2-12,21H,1H3,(H,25,28)(H,26,27)/b9-6+. The van der Waals surface area contributed by atoms with E-state index >= 15 is 0 Å². The quantitative estimate of drug-likeness (QED) is 0.435. The zero-order valence-corrected chi connectivity index (χ0v) is 16.7. The highest BCUT2D eigenvalue weighted by atomic mass is 32.1. The van der Waals surface area contributed by atoms with Crippen LogP contribution in [0.2, 0.25) is 0 Å². The predicted molar refractivity (Wildman–Crippen MR) is 114 cm³/mol. The third kappa shape index (κ3) is 4.14. The molecule has 30 heavy (non-hydrogen) atoms. The average molecular weight is 425 g/mol. The molecule has 0 saturated heterocycles. The molecule has 0 saturated carbocycles. The summed E-state index contributed by atoms with van der Waals surface area (Å²) in [6.45, 7) is 0. The maximum atomic E-state index is 14.5. The van der Waals surface area contributed by atoms with Crippen LogP contribution in [-0.4, -0.2) is 23.2 Å². The number of benzene rings is 2. The normalized spacial score (nSPS) is 12.5. The summed E-state index contributed by atoms with van der Waals surface area (Å²) in [5.74, 6) is -1.37. The van der Waals surface area contributed by atoms with E-state index < -0.39 is 17.8 Å². The lowest BCUT2D eigenvalue weighted by Gasteiger charge is -2.14. The number of hydrogen-bond acceptors (Lipinski definition) is 4. The minimum atomic E-state index is -0.831. The van der Waals surface area contributed by atoms with Gasteiger partial charge in [-0.2, -0.15) is 5.10 Å². The summed E-state index contributed by atoms with van der Waals surface area (Å²) in [6.07, 6.45) is 2.68. The molecule has 4 aromatic rings. The van der Waals surface area contributed by atoms with Gasteiger partial charge in [0.1, 0.15) is 11.6 Å². The molecule has 2 N–H and O–H groups in total. The van der Waals surface area contributed by atoms with E-state index in [0.29, 0.717) is 16.6 Å². The summed E-state index contributed by atoms with van der Waals surface area (Å²) in [6, 6.07) is 12.4. The van der Waals surface area contributed by atoms with Crippen LogP contribution in [0.3, 0.4) is 0 Å². The molecule has 0 aliphatic carbocycles. The van der Waals surface area contributed by atoms with Gasteiger partial charge in [-0.05, 0) is 41.3 Å². The van der Waals surface area contributed by atoms with Crippen LogP contribution in [0.1, 0.15) is 22.2 Å². The van der Waals surface area contributed by atoms with Crippen molar-refractivity contribution in [2.75, 3.05) is 12.4 Å². The van der Waals surface area contributed by atoms with Crippen molar-refractivity contribution in [3.05, 3.63) is 81.7 Å². The van der Waals surface area contributed by atoms with Gasteiger partial charge in [-0.3, -0.25) is 9.89 Å². The van der Waals surface area contributed by atoms with E-state index in [1.165, 1.54) is 42.7 Å². The van der Waals surface area contributed by atoms with Gasteiger partial charge in [-0.15, -0.1) is 11.3 Å². The van der Waals surface area contributed by atoms with Crippen molar-refractivity contribution in [2.45, 2.75) is 6.10 Å². The van der Waals surface area contributed by atoms with Crippen molar-refractivity contribution >= 4 is 46.0 Å². The third-order valence-electron chi connectivity index (χ3n) is 4.52. The molecule has 152 valence electrons. The van der Waals surface area contributed by atoms with E-state index in [2.05, 4.69) is 15.5 Å². The maximum Gasteiger partial charge on any atom is 0.259 e. The number of anilines is 1. The fraction of sp³-hybridized carbons (Fsp3) is 0.0909. The Bertz CT molecular complexity index is 1200. The lowest BCUT2D eigenvalue weighted by Crippen LogP contribution is -2.22. The van der Waals surface area contributed by atoms with Gasteiger partial charge in [0.2, 0.25) is 0 Å². The topological polar surface area (TPSA) is 67.0 Å². The fourth-order valence-corrected chi connectivity index (χ4v) is 3.82. The van der Waals surface area contributed by atoms with Crippen LogP contribution in [0.25, 0.3) is 23.1 Å². The molecule has 0 aliphatic rings. The summed E-state index contributed by atoms with van der Waals surface area (Å²) >= 11 is 1.38. The summed E-state index contributed by atoms with van der Waals surface area (Å²) in [5.41, 5.74) is 1.88. The number of ether oxygens (including phenoxy) is 1. The molecule has 2 aromatic heterocycles. The van der Waals surface area contributed by atoms with E-state index in [4.69, 9.17) is 4.74 Å². The highest BCUT2D eigenvalue weighted by molar-refractivity contribution is 7.10. The van der Waals surface area contributed by atoms with Gasteiger partial charge < -0.3 is 10.1 Å². The van der Waals surface area contributed by atoms with E-state index in [9.17, 15) is 13.6 Å². The van der Waals surface area contributed by atoms with E-state index in [1.807, 2.05) is 11.4 Å². The third-order valence-corrected chi connectivity index (χ3v) is 5.43. The van der Waals surface area contributed by atoms with Gasteiger partial charge in [0.05, 0.1) is 16.9 Å². The SMILES string of the molecule is COC(C(=O)Nc1cc2c(/C=C/c3ccc(F)cc3)n[nH]c2cc1F)c1cccs1. The molecule has 1 unspecified atom stereocenters. The van der Waals surface area contributed by atoms with Crippen LogP contribution >= 0.6 is 11.3 Å². The van der Waals surface area contributed by atoms with Crippen LogP contribution < -0.4 is 5.32 Å². The number of aromatic nitrogens is 2. The number of nitrogens with zero attached hydrogens (tertiary/aromatic N) is 1. The minimum absolute atomic E-state index is 0.0314. The van der Waals surface area contributed by atoms with Gasteiger partial charge >= 0.3 is 0 Å². The van der Waals surface area contributed by atoms with E-state index in [0.717, 1.165) is 10.4 Å². The monoisotopic (exact) mass is 425 g/mol. The summed E-state index contributed by atoms with van der Waals surface area (Å²) < 4.78 is 32.9. The Morgan fingerprint density at radius 2 is 2.00 bits per heavy atom. The second-order valence-corrected chi connectivity index (χ2v) is 7.47. The zero-order chi connectivity index (χ0) is 21.1. The number of amides is 1. The van der Waals surface area contributed by atoms with Gasteiger partial charge in [0.25, 0.3) is 5.91 Å². The fourth-order valence-electron chi connectivity index (χ4n) is 3.02. The lowest BCUT2D eigenvalue weighted by molar-refractivity contribution is -0.125. The average Bonchev–Trinajstić information content (AvgIpc) is 3.39. The molecule has 0 bridgehead atoms. The highest BCUT2D eigenvalue weighted by Gasteiger charge is 2.22. The molecule has 1 atom stereocenters. The second kappa shape index (κ2) is 8.56. The molecule has 2 heterocycles. The summed E-state index contributed by atoms with van der Waals surface area (Å²) in [7, 11) is 1.43. The zero-order valence-electron chi connectivity index (χ0n) is 15.9. The first-order valence-corrected chi connectivity index (χ1v) is 9.91. The number of halogens is 2. The minimum Gasteiger partial charge on any atom is -0.366 e. The van der Waals surface area contributed by atoms with Crippen LogP contribution in [0.5, 0.6) is 0 Å². The number of hydrogen-bond donors (Lipinski definition) is 2. The Morgan fingerprint density at radius 3 is 2.70 bits per heavy atom. The first-order chi connectivity index (χ1) is 14.5. The molecule has 0 aliphatic heterocycles. The molecule has 2 aromatic carbocycles. The maximum absolute atomic E-state index is 14.5. The molecule has 0 fully saturated rings. The van der Waals surface area contributed by atoms with Crippen molar-refractivity contribution < 1.29 is 18.3 Å². The Hall–Kier alpha value is -3.36. The Labute approximate surface area is 175 Å². The number of aromatic amines is 1. The van der Waals surface area contributed by atoms with E-state index in [-0.39, 0.29) is 11.5 Å². The molecular weight excluding hydrogens is 408 g/mol. The van der Waals surface area contributed by atoms with Gasteiger partial charge in [-0.1, -0.05) is 24.3 Å². The Morgan fingerprint density at radius 1 is 1.20 bits per heavy atom. The lowest BCUT2D eigenvalue weighted by atomic mass is 10.1. The molecule has 5 nitrogen and oxygen atoms in total. The van der Waals surface area contributed by atoms with Gasteiger partial charge in [-0.25, -0.2) is 8.78 Å². The van der Waals surface area contributed by atoms with Crippen LogP contribution in [0.4, 0.5) is 14.5 Å². The van der Waals surface area contributed by atoms with Crippen molar-refractivity contribution in [3.8, 4) is 0 Å². The second-order valence-electron chi connectivity index (χ2n) is 6.49. The molecule has 1 amide bonds. The number of methoxy groups -OCH3 is 1.